The van der Waals surface area contributed by atoms with Crippen LogP contribution in [0.25, 0.3) is 0 Å². The van der Waals surface area contributed by atoms with Crippen molar-refractivity contribution in [2.24, 2.45) is 5.41 Å². The molecule has 0 aromatic heterocycles. The molecule has 0 heterocycles. The number of halogens is 1. The molecule has 0 aliphatic carbocycles. The summed E-state index contributed by atoms with van der Waals surface area (Å²) >= 11 is 2.50. The largest absolute Gasteiger partial charge is 0.0857 e. The van der Waals surface area contributed by atoms with Crippen LogP contribution in [0.15, 0.2) is 24.3 Å². The van der Waals surface area contributed by atoms with Crippen molar-refractivity contribution in [2.75, 3.05) is 4.43 Å². The maximum atomic E-state index is 2.50. The van der Waals surface area contributed by atoms with Crippen molar-refractivity contribution in [1.29, 1.82) is 0 Å². The molecule has 1 aromatic rings. The highest BCUT2D eigenvalue weighted by molar-refractivity contribution is 14.1. The Hall–Kier alpha value is -0.0500. The lowest BCUT2D eigenvalue weighted by Crippen LogP contribution is -2.13. The van der Waals surface area contributed by atoms with Gasteiger partial charge in [0.2, 0.25) is 0 Å². The van der Waals surface area contributed by atoms with E-state index in [0.717, 1.165) is 0 Å². The van der Waals surface area contributed by atoms with Gasteiger partial charge in [-0.15, -0.1) is 0 Å². The van der Waals surface area contributed by atoms with Gasteiger partial charge >= 0.3 is 0 Å². The standard InChI is InChI=1S/C14H21I/c1-11-5-7-12(8-6-11)13(10-15)9-14(2,3)4/h5-8,13H,9-10H2,1-4H3. The lowest BCUT2D eigenvalue weighted by atomic mass is 9.82. The maximum absolute atomic E-state index is 2.50. The topological polar surface area (TPSA) is 0 Å². The van der Waals surface area contributed by atoms with Crippen LogP contribution < -0.4 is 0 Å². The lowest BCUT2D eigenvalue weighted by Gasteiger charge is -2.25. The van der Waals surface area contributed by atoms with E-state index in [2.05, 4.69) is 74.6 Å². The smallest absolute Gasteiger partial charge is 0.00644 e. The van der Waals surface area contributed by atoms with Crippen LogP contribution in [-0.4, -0.2) is 4.43 Å². The van der Waals surface area contributed by atoms with Gasteiger partial charge in [-0.3, -0.25) is 0 Å². The molecule has 0 aliphatic heterocycles. The van der Waals surface area contributed by atoms with Crippen LogP contribution in [0.3, 0.4) is 0 Å². The van der Waals surface area contributed by atoms with E-state index >= 15 is 0 Å². The average molecular weight is 316 g/mol. The molecular formula is C14H21I. The summed E-state index contributed by atoms with van der Waals surface area (Å²) in [6, 6.07) is 9.00. The van der Waals surface area contributed by atoms with E-state index in [4.69, 9.17) is 0 Å². The fourth-order valence-electron chi connectivity index (χ4n) is 1.84. The molecule has 1 unspecified atom stereocenters. The molecule has 0 spiro atoms. The Labute approximate surface area is 108 Å². The van der Waals surface area contributed by atoms with Crippen molar-refractivity contribution in [2.45, 2.75) is 40.0 Å². The summed E-state index contributed by atoms with van der Waals surface area (Å²) in [5, 5.41) is 0. The molecule has 0 fully saturated rings. The summed E-state index contributed by atoms with van der Waals surface area (Å²) in [4.78, 5) is 0. The predicted molar refractivity (Wildman–Crippen MR) is 76.9 cm³/mol. The molecular weight excluding hydrogens is 295 g/mol. The van der Waals surface area contributed by atoms with Crippen LogP contribution in [0.1, 0.15) is 44.2 Å². The molecule has 0 N–H and O–H groups in total. The molecule has 15 heavy (non-hydrogen) atoms. The van der Waals surface area contributed by atoms with Crippen LogP contribution in [0, 0.1) is 12.3 Å². The van der Waals surface area contributed by atoms with Crippen molar-refractivity contribution in [1.82, 2.24) is 0 Å². The van der Waals surface area contributed by atoms with Gasteiger partial charge in [0, 0.05) is 4.43 Å². The van der Waals surface area contributed by atoms with Crippen LogP contribution >= 0.6 is 22.6 Å². The Morgan fingerprint density at radius 1 is 1.13 bits per heavy atom. The predicted octanol–water partition coefficient (Wildman–Crippen LogP) is 4.95. The van der Waals surface area contributed by atoms with Crippen molar-refractivity contribution >= 4 is 22.6 Å². The fraction of sp³-hybridized carbons (Fsp3) is 0.571. The van der Waals surface area contributed by atoms with E-state index in [1.807, 2.05) is 0 Å². The minimum absolute atomic E-state index is 0.417. The molecule has 0 saturated heterocycles. The highest BCUT2D eigenvalue weighted by Crippen LogP contribution is 2.32. The summed E-state index contributed by atoms with van der Waals surface area (Å²) in [5.74, 6) is 0.700. The molecule has 1 atom stereocenters. The van der Waals surface area contributed by atoms with Crippen LogP contribution in [0.5, 0.6) is 0 Å². The number of alkyl halides is 1. The van der Waals surface area contributed by atoms with Crippen molar-refractivity contribution in [3.8, 4) is 0 Å². The fourth-order valence-corrected chi connectivity index (χ4v) is 2.66. The normalized spacial score (nSPS) is 13.9. The number of hydrogen-bond acceptors (Lipinski definition) is 0. The monoisotopic (exact) mass is 316 g/mol. The summed E-state index contributed by atoms with van der Waals surface area (Å²) < 4.78 is 1.21. The third kappa shape index (κ3) is 4.54. The Balaban J connectivity index is 2.79. The molecule has 0 saturated carbocycles. The summed E-state index contributed by atoms with van der Waals surface area (Å²) in [5.41, 5.74) is 3.26. The van der Waals surface area contributed by atoms with Gasteiger partial charge < -0.3 is 0 Å². The summed E-state index contributed by atoms with van der Waals surface area (Å²) in [6.45, 7) is 9.11. The zero-order chi connectivity index (χ0) is 11.5. The Kier molecular flexibility index (Phi) is 4.63. The van der Waals surface area contributed by atoms with E-state index in [9.17, 15) is 0 Å². The molecule has 1 rings (SSSR count). The summed E-state index contributed by atoms with van der Waals surface area (Å²) in [6.07, 6.45) is 1.26. The van der Waals surface area contributed by atoms with E-state index in [-0.39, 0.29) is 0 Å². The zero-order valence-electron chi connectivity index (χ0n) is 10.2. The van der Waals surface area contributed by atoms with Crippen molar-refractivity contribution in [3.05, 3.63) is 35.4 Å². The van der Waals surface area contributed by atoms with Crippen LogP contribution in [0.2, 0.25) is 0 Å². The number of rotatable bonds is 3. The second-order valence-electron chi connectivity index (χ2n) is 5.53. The Bertz CT molecular complexity index is 292. The minimum Gasteiger partial charge on any atom is -0.0857 e. The first-order valence-corrected chi connectivity index (χ1v) is 7.07. The second kappa shape index (κ2) is 5.33. The van der Waals surface area contributed by atoms with Gasteiger partial charge in [-0.2, -0.15) is 0 Å². The molecule has 1 aromatic carbocycles. The molecule has 0 radical (unpaired) electrons. The maximum Gasteiger partial charge on any atom is 0.00644 e. The highest BCUT2D eigenvalue weighted by Gasteiger charge is 2.19. The zero-order valence-corrected chi connectivity index (χ0v) is 12.3. The van der Waals surface area contributed by atoms with Gasteiger partial charge in [0.15, 0.2) is 0 Å². The number of aryl methyl sites for hydroxylation is 1. The minimum atomic E-state index is 0.417. The molecule has 0 bridgehead atoms. The lowest BCUT2D eigenvalue weighted by molar-refractivity contribution is 0.352. The first kappa shape index (κ1) is 13.0. The first-order valence-electron chi connectivity index (χ1n) is 5.55. The van der Waals surface area contributed by atoms with E-state index in [0.29, 0.717) is 11.3 Å². The molecule has 0 nitrogen and oxygen atoms in total. The summed E-state index contributed by atoms with van der Waals surface area (Å²) in [7, 11) is 0. The second-order valence-corrected chi connectivity index (χ2v) is 6.41. The van der Waals surface area contributed by atoms with Gasteiger partial charge in [0.1, 0.15) is 0 Å². The Morgan fingerprint density at radius 3 is 2.07 bits per heavy atom. The SMILES string of the molecule is Cc1ccc(C(CI)CC(C)(C)C)cc1. The van der Waals surface area contributed by atoms with Crippen LogP contribution in [-0.2, 0) is 0 Å². The first-order chi connectivity index (χ1) is 6.92. The Morgan fingerprint density at radius 2 is 1.67 bits per heavy atom. The third-order valence-electron chi connectivity index (χ3n) is 2.59. The third-order valence-corrected chi connectivity index (χ3v) is 3.66. The van der Waals surface area contributed by atoms with Crippen LogP contribution in [0.4, 0.5) is 0 Å². The van der Waals surface area contributed by atoms with E-state index < -0.39 is 0 Å². The van der Waals surface area contributed by atoms with Gasteiger partial charge in [0.25, 0.3) is 0 Å². The molecule has 0 amide bonds. The number of benzene rings is 1. The highest BCUT2D eigenvalue weighted by atomic mass is 127. The van der Waals surface area contributed by atoms with E-state index in [1.54, 1.807) is 0 Å². The van der Waals surface area contributed by atoms with Gasteiger partial charge in [0.05, 0.1) is 0 Å². The van der Waals surface area contributed by atoms with Crippen molar-refractivity contribution in [3.63, 3.8) is 0 Å². The van der Waals surface area contributed by atoms with Gasteiger partial charge in [-0.1, -0.05) is 73.2 Å². The van der Waals surface area contributed by atoms with Gasteiger partial charge in [-0.05, 0) is 30.2 Å². The molecule has 1 heteroatoms. The number of hydrogen-bond donors (Lipinski definition) is 0. The molecule has 84 valence electrons. The average Bonchev–Trinajstić information content (AvgIpc) is 2.14. The van der Waals surface area contributed by atoms with E-state index in [1.165, 1.54) is 22.0 Å². The van der Waals surface area contributed by atoms with Crippen molar-refractivity contribution < 1.29 is 0 Å². The quantitative estimate of drug-likeness (QED) is 0.547. The molecule has 0 aliphatic rings. The van der Waals surface area contributed by atoms with Gasteiger partial charge in [-0.25, -0.2) is 0 Å².